The number of benzene rings is 1. The van der Waals surface area contributed by atoms with E-state index >= 15 is 0 Å². The van der Waals surface area contributed by atoms with Gasteiger partial charge in [0.25, 0.3) is 0 Å². The van der Waals surface area contributed by atoms with Crippen molar-refractivity contribution < 1.29 is 4.74 Å². The van der Waals surface area contributed by atoms with Crippen LogP contribution in [0, 0.1) is 0 Å². The lowest BCUT2D eigenvalue weighted by molar-refractivity contribution is 0.301. The Hall–Kier alpha value is -3.55. The molecule has 1 aromatic carbocycles. The molecule has 1 N–H and O–H groups in total. The van der Waals surface area contributed by atoms with E-state index in [1.807, 2.05) is 48.5 Å². The SMILES string of the molecule is c1ccc(COc2cccc(Nc3ccc4nnnn4n3)c2)nc1. The van der Waals surface area contributed by atoms with Gasteiger partial charge in [0.2, 0.25) is 0 Å². The van der Waals surface area contributed by atoms with Crippen LogP contribution in [0.1, 0.15) is 5.69 Å². The van der Waals surface area contributed by atoms with Gasteiger partial charge in [-0.2, -0.15) is 0 Å². The first-order valence-electron chi connectivity index (χ1n) is 7.32. The molecule has 0 aliphatic heterocycles. The van der Waals surface area contributed by atoms with E-state index in [4.69, 9.17) is 4.74 Å². The van der Waals surface area contributed by atoms with Crippen molar-refractivity contribution >= 4 is 17.2 Å². The van der Waals surface area contributed by atoms with Gasteiger partial charge in [0, 0.05) is 18.0 Å². The summed E-state index contributed by atoms with van der Waals surface area (Å²) in [5.74, 6) is 1.38. The van der Waals surface area contributed by atoms with Gasteiger partial charge < -0.3 is 10.1 Å². The van der Waals surface area contributed by atoms with E-state index in [9.17, 15) is 0 Å². The van der Waals surface area contributed by atoms with Crippen LogP contribution >= 0.6 is 0 Å². The van der Waals surface area contributed by atoms with Gasteiger partial charge in [-0.1, -0.05) is 12.1 Å². The molecule has 0 bridgehead atoms. The van der Waals surface area contributed by atoms with Crippen molar-refractivity contribution in [1.29, 1.82) is 0 Å². The Morgan fingerprint density at radius 3 is 2.96 bits per heavy atom. The van der Waals surface area contributed by atoms with Crippen LogP contribution in [0.25, 0.3) is 5.65 Å². The second-order valence-corrected chi connectivity index (χ2v) is 5.01. The zero-order valence-corrected chi connectivity index (χ0v) is 12.6. The predicted octanol–water partition coefficient (Wildman–Crippen LogP) is 2.24. The molecule has 0 unspecified atom stereocenters. The standard InChI is InChI=1S/C16H13N7O/c1-2-9-17-13(4-1)11-24-14-6-3-5-12(10-14)18-15-7-8-16-19-21-22-23(16)20-15/h1-10H,11H2,(H,18,20). The van der Waals surface area contributed by atoms with E-state index in [0.717, 1.165) is 17.1 Å². The number of pyridine rings is 1. The number of hydrogen-bond acceptors (Lipinski definition) is 7. The number of tetrazole rings is 1. The van der Waals surface area contributed by atoms with E-state index in [1.54, 1.807) is 12.3 Å². The summed E-state index contributed by atoms with van der Waals surface area (Å²) >= 11 is 0. The highest BCUT2D eigenvalue weighted by molar-refractivity contribution is 5.58. The molecule has 24 heavy (non-hydrogen) atoms. The van der Waals surface area contributed by atoms with Crippen molar-refractivity contribution in [3.63, 3.8) is 0 Å². The van der Waals surface area contributed by atoms with Crippen LogP contribution in [-0.2, 0) is 6.61 Å². The molecule has 0 saturated heterocycles. The minimum atomic E-state index is 0.416. The normalized spacial score (nSPS) is 10.7. The topological polar surface area (TPSA) is 90.1 Å². The van der Waals surface area contributed by atoms with Gasteiger partial charge in [-0.25, -0.2) is 0 Å². The summed E-state index contributed by atoms with van der Waals surface area (Å²) in [5.41, 5.74) is 2.32. The van der Waals surface area contributed by atoms with Crippen LogP contribution in [0.2, 0.25) is 0 Å². The molecule has 0 saturated carbocycles. The fourth-order valence-electron chi connectivity index (χ4n) is 2.17. The third-order valence-electron chi connectivity index (χ3n) is 3.29. The van der Waals surface area contributed by atoms with E-state index in [0.29, 0.717) is 18.1 Å². The first-order chi connectivity index (χ1) is 11.9. The van der Waals surface area contributed by atoms with Crippen molar-refractivity contribution in [3.8, 4) is 5.75 Å². The summed E-state index contributed by atoms with van der Waals surface area (Å²) in [6.45, 7) is 0.416. The number of nitrogens with zero attached hydrogens (tertiary/aromatic N) is 6. The predicted molar refractivity (Wildman–Crippen MR) is 86.9 cm³/mol. The van der Waals surface area contributed by atoms with E-state index in [1.165, 1.54) is 4.63 Å². The molecule has 0 atom stereocenters. The Kier molecular flexibility index (Phi) is 3.69. The Balaban J connectivity index is 1.47. The van der Waals surface area contributed by atoms with Crippen molar-refractivity contribution in [2.24, 2.45) is 0 Å². The van der Waals surface area contributed by atoms with Gasteiger partial charge in [0.15, 0.2) is 11.5 Å². The van der Waals surface area contributed by atoms with Crippen molar-refractivity contribution in [1.82, 2.24) is 30.2 Å². The smallest absolute Gasteiger partial charge is 0.200 e. The van der Waals surface area contributed by atoms with E-state index < -0.39 is 0 Å². The Labute approximate surface area is 137 Å². The molecule has 0 amide bonds. The molecule has 0 aliphatic carbocycles. The first kappa shape index (κ1) is 14.1. The summed E-state index contributed by atoms with van der Waals surface area (Å²) in [5, 5.41) is 18.6. The lowest BCUT2D eigenvalue weighted by Crippen LogP contribution is -2.01. The number of ether oxygens (including phenoxy) is 1. The van der Waals surface area contributed by atoms with Crippen LogP contribution in [0.3, 0.4) is 0 Å². The number of anilines is 2. The van der Waals surface area contributed by atoms with Gasteiger partial charge in [-0.05, 0) is 46.8 Å². The molecule has 0 radical (unpaired) electrons. The molecule has 3 heterocycles. The number of nitrogens with one attached hydrogen (secondary N) is 1. The fraction of sp³-hybridized carbons (Fsp3) is 0.0625. The second kappa shape index (κ2) is 6.29. The molecule has 8 heteroatoms. The van der Waals surface area contributed by atoms with Crippen LogP contribution in [0.5, 0.6) is 5.75 Å². The van der Waals surface area contributed by atoms with Crippen molar-refractivity contribution in [3.05, 3.63) is 66.5 Å². The maximum absolute atomic E-state index is 5.77. The quantitative estimate of drug-likeness (QED) is 0.603. The maximum Gasteiger partial charge on any atom is 0.200 e. The average Bonchev–Trinajstić information content (AvgIpc) is 3.09. The summed E-state index contributed by atoms with van der Waals surface area (Å²) in [4.78, 5) is 4.24. The first-order valence-corrected chi connectivity index (χ1v) is 7.32. The molecule has 4 aromatic rings. The van der Waals surface area contributed by atoms with Gasteiger partial charge in [0.1, 0.15) is 12.4 Å². The number of aromatic nitrogens is 6. The van der Waals surface area contributed by atoms with E-state index in [2.05, 4.69) is 30.9 Å². The Bertz CT molecular complexity index is 955. The van der Waals surface area contributed by atoms with Gasteiger partial charge >= 0.3 is 0 Å². The highest BCUT2D eigenvalue weighted by Gasteiger charge is 2.03. The van der Waals surface area contributed by atoms with Crippen LogP contribution in [-0.4, -0.2) is 30.2 Å². The van der Waals surface area contributed by atoms with Gasteiger partial charge in [-0.3, -0.25) is 4.98 Å². The Morgan fingerprint density at radius 1 is 1.04 bits per heavy atom. The zero-order chi connectivity index (χ0) is 16.2. The largest absolute Gasteiger partial charge is 0.487 e. The second-order valence-electron chi connectivity index (χ2n) is 5.01. The van der Waals surface area contributed by atoms with Gasteiger partial charge in [0.05, 0.1) is 5.69 Å². The molecular weight excluding hydrogens is 306 g/mol. The molecule has 0 spiro atoms. The zero-order valence-electron chi connectivity index (χ0n) is 12.6. The van der Waals surface area contributed by atoms with Crippen molar-refractivity contribution in [2.45, 2.75) is 6.61 Å². The van der Waals surface area contributed by atoms with Crippen LogP contribution < -0.4 is 10.1 Å². The highest BCUT2D eigenvalue weighted by atomic mass is 16.5. The third-order valence-corrected chi connectivity index (χ3v) is 3.29. The maximum atomic E-state index is 5.77. The Morgan fingerprint density at radius 2 is 2.04 bits per heavy atom. The number of fused-ring (bicyclic) bond motifs is 1. The number of hydrogen-bond donors (Lipinski definition) is 1. The summed E-state index contributed by atoms with van der Waals surface area (Å²) in [6, 6.07) is 17.0. The molecule has 8 nitrogen and oxygen atoms in total. The highest BCUT2D eigenvalue weighted by Crippen LogP contribution is 2.21. The average molecular weight is 319 g/mol. The molecule has 4 rings (SSSR count). The summed E-state index contributed by atoms with van der Waals surface area (Å²) in [6.07, 6.45) is 1.75. The molecule has 118 valence electrons. The van der Waals surface area contributed by atoms with Crippen LogP contribution in [0.4, 0.5) is 11.5 Å². The minimum absolute atomic E-state index is 0.416. The van der Waals surface area contributed by atoms with Crippen LogP contribution in [0.15, 0.2) is 60.8 Å². The van der Waals surface area contributed by atoms with Crippen molar-refractivity contribution in [2.75, 3.05) is 5.32 Å². The number of rotatable bonds is 5. The lowest BCUT2D eigenvalue weighted by atomic mass is 10.3. The van der Waals surface area contributed by atoms with Gasteiger partial charge in [-0.15, -0.1) is 14.8 Å². The molecule has 3 aromatic heterocycles. The minimum Gasteiger partial charge on any atom is -0.487 e. The lowest BCUT2D eigenvalue weighted by Gasteiger charge is -2.09. The molecule has 0 fully saturated rings. The summed E-state index contributed by atoms with van der Waals surface area (Å²) < 4.78 is 7.13. The molecular formula is C16H13N7O. The van der Waals surface area contributed by atoms with E-state index in [-0.39, 0.29) is 0 Å². The molecule has 0 aliphatic rings. The summed E-state index contributed by atoms with van der Waals surface area (Å²) in [7, 11) is 0. The monoisotopic (exact) mass is 319 g/mol. The third kappa shape index (κ3) is 3.12. The fourth-order valence-corrected chi connectivity index (χ4v) is 2.17.